The van der Waals surface area contributed by atoms with E-state index in [1.807, 2.05) is 12.1 Å². The minimum absolute atomic E-state index is 0.193. The minimum Gasteiger partial charge on any atom is -0.368 e. The van der Waals surface area contributed by atoms with Crippen LogP contribution in [0.1, 0.15) is 0 Å². The minimum atomic E-state index is 0.193. The second kappa shape index (κ2) is 5.67. The van der Waals surface area contributed by atoms with Crippen LogP contribution in [-0.2, 0) is 0 Å². The molecule has 26 heavy (non-hydrogen) atoms. The predicted molar refractivity (Wildman–Crippen MR) is 106 cm³/mol. The molecule has 5 heteroatoms. The van der Waals surface area contributed by atoms with E-state index in [2.05, 4.69) is 74.9 Å². The average molecular weight is 337 g/mol. The van der Waals surface area contributed by atoms with Crippen LogP contribution < -0.4 is 11.1 Å². The molecular formula is C21H15N5. The van der Waals surface area contributed by atoms with Crippen molar-refractivity contribution in [2.24, 2.45) is 0 Å². The van der Waals surface area contributed by atoms with Crippen molar-refractivity contribution in [1.29, 1.82) is 0 Å². The molecule has 1 aromatic heterocycles. The van der Waals surface area contributed by atoms with Crippen LogP contribution in [0, 0.1) is 0 Å². The van der Waals surface area contributed by atoms with Crippen LogP contribution in [0.4, 0.5) is 17.6 Å². The van der Waals surface area contributed by atoms with Crippen molar-refractivity contribution in [3.63, 3.8) is 0 Å². The first-order valence-electron chi connectivity index (χ1n) is 8.34. The molecule has 0 atom stereocenters. The van der Waals surface area contributed by atoms with Gasteiger partial charge in [-0.3, -0.25) is 0 Å². The van der Waals surface area contributed by atoms with Crippen molar-refractivity contribution in [1.82, 2.24) is 15.0 Å². The Hall–Kier alpha value is -3.73. The van der Waals surface area contributed by atoms with Crippen LogP contribution in [0.25, 0.3) is 32.3 Å². The van der Waals surface area contributed by atoms with Crippen molar-refractivity contribution in [3.05, 3.63) is 73.1 Å². The van der Waals surface area contributed by atoms with E-state index in [9.17, 15) is 0 Å². The molecule has 0 fully saturated rings. The smallest absolute Gasteiger partial charge is 0.232 e. The monoisotopic (exact) mass is 337 g/mol. The Labute approximate surface area is 149 Å². The number of rotatable bonds is 2. The summed E-state index contributed by atoms with van der Waals surface area (Å²) >= 11 is 0. The summed E-state index contributed by atoms with van der Waals surface area (Å²) in [6.07, 6.45) is 1.40. The lowest BCUT2D eigenvalue weighted by Crippen LogP contribution is -2.02. The highest BCUT2D eigenvalue weighted by atomic mass is 15.2. The highest BCUT2D eigenvalue weighted by Crippen LogP contribution is 2.34. The van der Waals surface area contributed by atoms with Crippen molar-refractivity contribution in [3.8, 4) is 0 Å². The molecule has 5 nitrogen and oxygen atoms in total. The zero-order chi connectivity index (χ0) is 17.5. The summed E-state index contributed by atoms with van der Waals surface area (Å²) in [5.41, 5.74) is 6.61. The average Bonchev–Trinajstić information content (AvgIpc) is 2.66. The standard InChI is InChI=1S/C21H15N5/c22-20-23-12-24-21(26-20)25-18-7-3-6-13-8-9-16-10-14-4-1-2-5-15(14)11-17(16)19(13)18/h1-12H,(H3,22,23,24,25,26). The van der Waals surface area contributed by atoms with Crippen LogP contribution in [0.2, 0.25) is 0 Å². The predicted octanol–water partition coefficient (Wildman–Crippen LogP) is 4.66. The number of nitrogens with two attached hydrogens (primary N) is 1. The number of nitrogen functional groups attached to an aromatic ring is 1. The highest BCUT2D eigenvalue weighted by Gasteiger charge is 2.09. The van der Waals surface area contributed by atoms with Gasteiger partial charge in [0.2, 0.25) is 11.9 Å². The fourth-order valence-electron chi connectivity index (χ4n) is 3.40. The van der Waals surface area contributed by atoms with Gasteiger partial charge in [0, 0.05) is 11.1 Å². The quantitative estimate of drug-likeness (QED) is 0.362. The van der Waals surface area contributed by atoms with Gasteiger partial charge in [0.25, 0.3) is 0 Å². The lowest BCUT2D eigenvalue weighted by Gasteiger charge is -2.12. The Kier molecular flexibility index (Phi) is 3.18. The first kappa shape index (κ1) is 14.6. The molecular weight excluding hydrogens is 322 g/mol. The number of nitrogens with one attached hydrogen (secondary N) is 1. The fourth-order valence-corrected chi connectivity index (χ4v) is 3.40. The molecule has 0 amide bonds. The second-order valence-corrected chi connectivity index (χ2v) is 6.18. The lowest BCUT2D eigenvalue weighted by molar-refractivity contribution is 1.07. The van der Waals surface area contributed by atoms with Crippen LogP contribution >= 0.6 is 0 Å². The van der Waals surface area contributed by atoms with E-state index in [0.29, 0.717) is 5.95 Å². The molecule has 0 aliphatic rings. The third-order valence-electron chi connectivity index (χ3n) is 4.56. The number of aromatic nitrogens is 3. The Bertz CT molecular complexity index is 1280. The van der Waals surface area contributed by atoms with E-state index in [4.69, 9.17) is 5.73 Å². The van der Waals surface area contributed by atoms with Crippen LogP contribution in [0.3, 0.4) is 0 Å². The molecule has 0 radical (unpaired) electrons. The molecule has 5 rings (SSSR count). The topological polar surface area (TPSA) is 76.7 Å². The van der Waals surface area contributed by atoms with Crippen molar-refractivity contribution >= 4 is 49.9 Å². The van der Waals surface area contributed by atoms with E-state index in [1.54, 1.807) is 0 Å². The summed E-state index contributed by atoms with van der Waals surface area (Å²) in [6.45, 7) is 0. The molecule has 124 valence electrons. The normalized spacial score (nSPS) is 11.2. The van der Waals surface area contributed by atoms with Gasteiger partial charge in [-0.25, -0.2) is 9.97 Å². The van der Waals surface area contributed by atoms with Gasteiger partial charge in [0.15, 0.2) is 0 Å². The van der Waals surface area contributed by atoms with Crippen molar-refractivity contribution < 1.29 is 0 Å². The zero-order valence-corrected chi connectivity index (χ0v) is 13.8. The summed E-state index contributed by atoms with van der Waals surface area (Å²) in [6, 6.07) is 23.3. The molecule has 4 aromatic carbocycles. The number of hydrogen-bond acceptors (Lipinski definition) is 5. The van der Waals surface area contributed by atoms with Gasteiger partial charge in [-0.15, -0.1) is 0 Å². The van der Waals surface area contributed by atoms with Gasteiger partial charge in [0.05, 0.1) is 0 Å². The summed E-state index contributed by atoms with van der Waals surface area (Å²) in [5.74, 6) is 0.626. The van der Waals surface area contributed by atoms with E-state index in [1.165, 1.54) is 27.9 Å². The zero-order valence-electron chi connectivity index (χ0n) is 13.8. The van der Waals surface area contributed by atoms with Crippen molar-refractivity contribution in [2.75, 3.05) is 11.1 Å². The summed E-state index contributed by atoms with van der Waals surface area (Å²) in [5, 5.41) is 10.4. The van der Waals surface area contributed by atoms with E-state index >= 15 is 0 Å². The molecule has 3 N–H and O–H groups in total. The molecule has 0 aliphatic carbocycles. The summed E-state index contributed by atoms with van der Waals surface area (Å²) < 4.78 is 0. The van der Waals surface area contributed by atoms with Gasteiger partial charge < -0.3 is 11.1 Å². The molecule has 0 aliphatic heterocycles. The first-order chi connectivity index (χ1) is 12.8. The van der Waals surface area contributed by atoms with Gasteiger partial charge in [-0.05, 0) is 45.1 Å². The Balaban J connectivity index is 1.80. The summed E-state index contributed by atoms with van der Waals surface area (Å²) in [7, 11) is 0. The lowest BCUT2D eigenvalue weighted by atomic mass is 9.97. The van der Waals surface area contributed by atoms with E-state index in [-0.39, 0.29) is 5.95 Å². The Morgan fingerprint density at radius 1 is 0.731 bits per heavy atom. The van der Waals surface area contributed by atoms with Crippen molar-refractivity contribution in [2.45, 2.75) is 0 Å². The third kappa shape index (κ3) is 2.38. The number of anilines is 3. The maximum Gasteiger partial charge on any atom is 0.232 e. The maximum absolute atomic E-state index is 5.68. The third-order valence-corrected chi connectivity index (χ3v) is 4.56. The molecule has 1 heterocycles. The molecule has 0 unspecified atom stereocenters. The van der Waals surface area contributed by atoms with Gasteiger partial charge >= 0.3 is 0 Å². The maximum atomic E-state index is 5.68. The number of fused-ring (bicyclic) bond motifs is 4. The Morgan fingerprint density at radius 2 is 1.50 bits per heavy atom. The van der Waals surface area contributed by atoms with Gasteiger partial charge in [0.1, 0.15) is 6.33 Å². The molecule has 0 saturated heterocycles. The molecule has 0 bridgehead atoms. The van der Waals surface area contributed by atoms with Crippen LogP contribution in [-0.4, -0.2) is 15.0 Å². The largest absolute Gasteiger partial charge is 0.368 e. The number of nitrogens with zero attached hydrogens (tertiary/aromatic N) is 3. The van der Waals surface area contributed by atoms with E-state index in [0.717, 1.165) is 16.5 Å². The fraction of sp³-hybridized carbons (Fsp3) is 0. The van der Waals surface area contributed by atoms with Crippen LogP contribution in [0.5, 0.6) is 0 Å². The first-order valence-corrected chi connectivity index (χ1v) is 8.34. The number of benzene rings is 4. The molecule has 5 aromatic rings. The van der Waals surface area contributed by atoms with Crippen LogP contribution in [0.15, 0.2) is 73.1 Å². The Morgan fingerprint density at radius 3 is 2.35 bits per heavy atom. The SMILES string of the molecule is Nc1ncnc(Nc2cccc3ccc4cc5ccccc5cc4c23)n1. The summed E-state index contributed by atoms with van der Waals surface area (Å²) in [4.78, 5) is 12.2. The highest BCUT2D eigenvalue weighted by molar-refractivity contribution is 6.16. The van der Waals surface area contributed by atoms with E-state index < -0.39 is 0 Å². The molecule has 0 saturated carbocycles. The molecule has 0 spiro atoms. The second-order valence-electron chi connectivity index (χ2n) is 6.18. The van der Waals surface area contributed by atoms with Gasteiger partial charge in [-0.1, -0.05) is 48.5 Å². The number of hydrogen-bond donors (Lipinski definition) is 2. The van der Waals surface area contributed by atoms with Gasteiger partial charge in [-0.2, -0.15) is 4.98 Å².